The lowest BCUT2D eigenvalue weighted by molar-refractivity contribution is -0.150. The highest BCUT2D eigenvalue weighted by Crippen LogP contribution is 2.25. The standard InChI is InChI=1S/C27H50N4O3/c1-19(2)8-12-29(7)25(32)18-22-9-13-30(14-10-22)27(34)24(17-21(5)6)31-15-11-28-23(26(31)33)16-20(3)4/h19-24,28H,8-18H2,1-7H3/t23-,24?/m0/s1. The molecule has 2 heterocycles. The molecule has 0 spiro atoms. The Morgan fingerprint density at radius 1 is 1.00 bits per heavy atom. The van der Waals surface area contributed by atoms with Crippen LogP contribution in [0.2, 0.25) is 0 Å². The number of piperazine rings is 1. The maximum atomic E-state index is 13.6. The van der Waals surface area contributed by atoms with Gasteiger partial charge in [-0.3, -0.25) is 14.4 Å². The lowest BCUT2D eigenvalue weighted by Crippen LogP contribution is -2.62. The van der Waals surface area contributed by atoms with Crippen molar-refractivity contribution >= 4 is 17.7 Å². The van der Waals surface area contributed by atoms with Crippen molar-refractivity contribution in [3.63, 3.8) is 0 Å². The molecular weight excluding hydrogens is 428 g/mol. The fraction of sp³-hybridized carbons (Fsp3) is 0.889. The minimum absolute atomic E-state index is 0.0730. The van der Waals surface area contributed by atoms with Crippen molar-refractivity contribution in [2.45, 2.75) is 92.2 Å². The third kappa shape index (κ3) is 8.54. The number of nitrogens with one attached hydrogen (secondary N) is 1. The predicted octanol–water partition coefficient (Wildman–Crippen LogP) is 3.38. The number of carbonyl (C=O) groups is 3. The zero-order chi connectivity index (χ0) is 25.4. The molecule has 0 aromatic carbocycles. The highest BCUT2D eigenvalue weighted by Gasteiger charge is 2.39. The minimum atomic E-state index is -0.385. The van der Waals surface area contributed by atoms with Crippen molar-refractivity contribution in [1.82, 2.24) is 20.0 Å². The number of carbonyl (C=O) groups excluding carboxylic acids is 3. The van der Waals surface area contributed by atoms with E-state index in [1.165, 1.54) is 0 Å². The van der Waals surface area contributed by atoms with Crippen LogP contribution in [0.25, 0.3) is 0 Å². The summed E-state index contributed by atoms with van der Waals surface area (Å²) in [7, 11) is 1.90. The van der Waals surface area contributed by atoms with Crippen LogP contribution in [0.5, 0.6) is 0 Å². The summed E-state index contributed by atoms with van der Waals surface area (Å²) in [5.74, 6) is 2.05. The third-order valence-corrected chi connectivity index (χ3v) is 7.24. The van der Waals surface area contributed by atoms with Crippen LogP contribution in [0.15, 0.2) is 0 Å². The first kappa shape index (κ1) is 28.6. The maximum absolute atomic E-state index is 13.6. The van der Waals surface area contributed by atoms with E-state index in [1.54, 1.807) is 0 Å². The maximum Gasteiger partial charge on any atom is 0.245 e. The van der Waals surface area contributed by atoms with E-state index in [9.17, 15) is 14.4 Å². The lowest BCUT2D eigenvalue weighted by atomic mass is 9.91. The van der Waals surface area contributed by atoms with Gasteiger partial charge in [0.1, 0.15) is 6.04 Å². The normalized spacial score (nSPS) is 21.0. The summed E-state index contributed by atoms with van der Waals surface area (Å²) in [5.41, 5.74) is 0. The molecule has 0 radical (unpaired) electrons. The van der Waals surface area contributed by atoms with Gasteiger partial charge >= 0.3 is 0 Å². The predicted molar refractivity (Wildman–Crippen MR) is 137 cm³/mol. The van der Waals surface area contributed by atoms with Gasteiger partial charge in [-0.25, -0.2) is 0 Å². The van der Waals surface area contributed by atoms with Crippen molar-refractivity contribution in [3.05, 3.63) is 0 Å². The van der Waals surface area contributed by atoms with Crippen LogP contribution in [0.4, 0.5) is 0 Å². The van der Waals surface area contributed by atoms with Crippen molar-refractivity contribution < 1.29 is 14.4 Å². The molecular formula is C27H50N4O3. The summed E-state index contributed by atoms with van der Waals surface area (Å²) in [5, 5.41) is 3.35. The zero-order valence-corrected chi connectivity index (χ0v) is 22.8. The van der Waals surface area contributed by atoms with E-state index in [-0.39, 0.29) is 29.8 Å². The Hall–Kier alpha value is -1.63. The number of hydrogen-bond acceptors (Lipinski definition) is 4. The number of rotatable bonds is 11. The van der Waals surface area contributed by atoms with Crippen LogP contribution >= 0.6 is 0 Å². The molecule has 196 valence electrons. The van der Waals surface area contributed by atoms with E-state index in [4.69, 9.17) is 0 Å². The second kappa shape index (κ2) is 13.5. The van der Waals surface area contributed by atoms with Crippen molar-refractivity contribution in [1.29, 1.82) is 0 Å². The molecule has 0 saturated carbocycles. The molecule has 0 bridgehead atoms. The molecule has 1 N–H and O–H groups in total. The molecule has 2 atom stereocenters. The van der Waals surface area contributed by atoms with Gasteiger partial charge < -0.3 is 20.0 Å². The second-order valence-electron chi connectivity index (χ2n) is 11.8. The Labute approximate surface area is 208 Å². The molecule has 0 aliphatic carbocycles. The van der Waals surface area contributed by atoms with E-state index < -0.39 is 0 Å². The monoisotopic (exact) mass is 478 g/mol. The largest absolute Gasteiger partial charge is 0.346 e. The van der Waals surface area contributed by atoms with Crippen molar-refractivity contribution in [2.24, 2.45) is 23.7 Å². The number of hydrogen-bond donors (Lipinski definition) is 1. The molecule has 2 rings (SSSR count). The average Bonchev–Trinajstić information content (AvgIpc) is 2.77. The summed E-state index contributed by atoms with van der Waals surface area (Å²) in [6.45, 7) is 16.3. The molecule has 7 nitrogen and oxygen atoms in total. The van der Waals surface area contributed by atoms with Crippen molar-refractivity contribution in [3.8, 4) is 0 Å². The van der Waals surface area contributed by atoms with Crippen LogP contribution in [-0.2, 0) is 14.4 Å². The Morgan fingerprint density at radius 3 is 2.21 bits per heavy atom. The highest BCUT2D eigenvalue weighted by atomic mass is 16.2. The molecule has 1 unspecified atom stereocenters. The molecule has 34 heavy (non-hydrogen) atoms. The van der Waals surface area contributed by atoms with Gasteiger partial charge in [0.25, 0.3) is 0 Å². The van der Waals surface area contributed by atoms with E-state index >= 15 is 0 Å². The first-order chi connectivity index (χ1) is 16.0. The summed E-state index contributed by atoms with van der Waals surface area (Å²) >= 11 is 0. The third-order valence-electron chi connectivity index (χ3n) is 7.24. The highest BCUT2D eigenvalue weighted by molar-refractivity contribution is 5.90. The minimum Gasteiger partial charge on any atom is -0.346 e. The summed E-state index contributed by atoms with van der Waals surface area (Å²) in [6.07, 6.45) is 4.79. The molecule has 7 heteroatoms. The van der Waals surface area contributed by atoms with E-state index in [2.05, 4.69) is 46.9 Å². The van der Waals surface area contributed by atoms with Gasteiger partial charge in [-0.15, -0.1) is 0 Å². The Kier molecular flexibility index (Phi) is 11.3. The molecule has 2 saturated heterocycles. The van der Waals surface area contributed by atoms with Gasteiger partial charge in [-0.2, -0.15) is 0 Å². The lowest BCUT2D eigenvalue weighted by Gasteiger charge is -2.42. The zero-order valence-electron chi connectivity index (χ0n) is 22.8. The molecule has 0 aromatic heterocycles. The van der Waals surface area contributed by atoms with Crippen LogP contribution in [0, 0.1) is 23.7 Å². The van der Waals surface area contributed by atoms with Gasteiger partial charge in [0.05, 0.1) is 6.04 Å². The summed E-state index contributed by atoms with van der Waals surface area (Å²) in [6, 6.07) is -0.578. The smallest absolute Gasteiger partial charge is 0.245 e. The van der Waals surface area contributed by atoms with Crippen LogP contribution in [0.1, 0.15) is 80.1 Å². The Bertz CT molecular complexity index is 671. The fourth-order valence-electron chi connectivity index (χ4n) is 5.08. The van der Waals surface area contributed by atoms with Gasteiger partial charge in [-0.05, 0) is 55.8 Å². The van der Waals surface area contributed by atoms with Crippen LogP contribution in [0.3, 0.4) is 0 Å². The summed E-state index contributed by atoms with van der Waals surface area (Å²) < 4.78 is 0. The van der Waals surface area contributed by atoms with Gasteiger partial charge in [0, 0.05) is 46.2 Å². The number of nitrogens with zero attached hydrogens (tertiary/aromatic N) is 3. The number of amides is 3. The van der Waals surface area contributed by atoms with E-state index in [0.29, 0.717) is 56.1 Å². The topological polar surface area (TPSA) is 73.0 Å². The SMILES string of the molecule is CC(C)CCN(C)C(=O)CC1CCN(C(=O)C(CC(C)C)N2CCN[C@@H](CC(C)C)C2=O)CC1. The quantitative estimate of drug-likeness (QED) is 0.494. The Balaban J connectivity index is 1.95. The molecule has 2 aliphatic rings. The molecule has 0 aromatic rings. The first-order valence-electron chi connectivity index (χ1n) is 13.6. The van der Waals surface area contributed by atoms with E-state index in [1.807, 2.05) is 21.7 Å². The van der Waals surface area contributed by atoms with E-state index in [0.717, 1.165) is 38.8 Å². The van der Waals surface area contributed by atoms with Crippen LogP contribution in [-0.4, -0.2) is 84.3 Å². The average molecular weight is 479 g/mol. The van der Waals surface area contributed by atoms with Crippen LogP contribution < -0.4 is 5.32 Å². The first-order valence-corrected chi connectivity index (χ1v) is 13.6. The molecule has 3 amide bonds. The number of likely N-dealkylation sites (tertiary alicyclic amines) is 1. The molecule has 2 fully saturated rings. The Morgan fingerprint density at radius 2 is 1.65 bits per heavy atom. The van der Waals surface area contributed by atoms with Gasteiger partial charge in [0.2, 0.25) is 17.7 Å². The second-order valence-corrected chi connectivity index (χ2v) is 11.8. The van der Waals surface area contributed by atoms with Gasteiger partial charge in [0.15, 0.2) is 0 Å². The fourth-order valence-corrected chi connectivity index (χ4v) is 5.08. The summed E-state index contributed by atoms with van der Waals surface area (Å²) in [4.78, 5) is 45.2. The molecule has 2 aliphatic heterocycles. The van der Waals surface area contributed by atoms with Crippen molar-refractivity contribution in [2.75, 3.05) is 39.8 Å². The van der Waals surface area contributed by atoms with Gasteiger partial charge in [-0.1, -0.05) is 41.5 Å². The number of piperidine rings is 1.